The molecule has 0 radical (unpaired) electrons. The minimum atomic E-state index is 0.170. The zero-order chi connectivity index (χ0) is 13.0. The lowest BCUT2D eigenvalue weighted by atomic mass is 10.1. The second-order valence-corrected chi connectivity index (χ2v) is 4.77. The van der Waals surface area contributed by atoms with E-state index >= 15 is 0 Å². The number of carbonyl (C=O) groups is 1. The van der Waals surface area contributed by atoms with Gasteiger partial charge < -0.3 is 10.6 Å². The van der Waals surface area contributed by atoms with Gasteiger partial charge in [0.25, 0.3) is 0 Å². The smallest absolute Gasteiger partial charge is 0.236 e. The summed E-state index contributed by atoms with van der Waals surface area (Å²) >= 11 is 0. The molecule has 0 spiro atoms. The average Bonchev–Trinajstić information content (AvgIpc) is 2.37. The highest BCUT2D eigenvalue weighted by Gasteiger charge is 2.29. The fourth-order valence-electron chi connectivity index (χ4n) is 2.34. The van der Waals surface area contributed by atoms with E-state index in [0.717, 1.165) is 25.1 Å². The second kappa shape index (κ2) is 5.93. The molecule has 1 aliphatic rings. The summed E-state index contributed by atoms with van der Waals surface area (Å²) in [6.45, 7) is 2.75. The number of hydrogen-bond donors (Lipinski definition) is 1. The van der Waals surface area contributed by atoms with Crippen molar-refractivity contribution in [3.8, 4) is 0 Å². The van der Waals surface area contributed by atoms with Crippen molar-refractivity contribution in [2.45, 2.75) is 19.0 Å². The molecule has 0 aliphatic carbocycles. The third-order valence-electron chi connectivity index (χ3n) is 3.40. The van der Waals surface area contributed by atoms with E-state index < -0.39 is 0 Å². The highest BCUT2D eigenvalue weighted by Crippen LogP contribution is 2.14. The average molecular weight is 248 g/mol. The minimum absolute atomic E-state index is 0.170. The van der Waals surface area contributed by atoms with Crippen molar-refractivity contribution in [2.24, 2.45) is 5.73 Å². The summed E-state index contributed by atoms with van der Waals surface area (Å²) in [5, 5.41) is 0. The van der Waals surface area contributed by atoms with Crippen LogP contribution < -0.4 is 5.73 Å². The Hall–Kier alpha value is -1.46. The molecule has 0 aromatic carbocycles. The molecule has 18 heavy (non-hydrogen) atoms. The normalized spacial score (nSPS) is 21.3. The molecule has 1 amide bonds. The summed E-state index contributed by atoms with van der Waals surface area (Å²) < 4.78 is 0. The van der Waals surface area contributed by atoms with Crippen molar-refractivity contribution < 1.29 is 4.79 Å². The van der Waals surface area contributed by atoms with E-state index in [1.807, 2.05) is 30.3 Å². The van der Waals surface area contributed by atoms with Gasteiger partial charge in [0.15, 0.2) is 0 Å². The number of nitrogens with zero attached hydrogens (tertiary/aromatic N) is 3. The molecule has 5 nitrogen and oxygen atoms in total. The summed E-state index contributed by atoms with van der Waals surface area (Å²) in [5.74, 6) is 0.170. The number of pyridine rings is 1. The quantitative estimate of drug-likeness (QED) is 0.819. The van der Waals surface area contributed by atoms with Gasteiger partial charge in [0, 0.05) is 38.6 Å². The van der Waals surface area contributed by atoms with E-state index in [-0.39, 0.29) is 11.9 Å². The molecule has 0 bridgehead atoms. The number of piperazine rings is 1. The Balaban J connectivity index is 1.99. The van der Waals surface area contributed by atoms with Crippen LogP contribution in [0.1, 0.15) is 12.0 Å². The molecule has 1 aromatic rings. The maximum Gasteiger partial charge on any atom is 0.236 e. The van der Waals surface area contributed by atoms with Gasteiger partial charge in [-0.15, -0.1) is 0 Å². The van der Waals surface area contributed by atoms with E-state index in [4.69, 9.17) is 5.73 Å². The first-order valence-corrected chi connectivity index (χ1v) is 6.27. The van der Waals surface area contributed by atoms with Crippen LogP contribution in [-0.2, 0) is 11.3 Å². The Morgan fingerprint density at radius 1 is 1.56 bits per heavy atom. The van der Waals surface area contributed by atoms with E-state index in [2.05, 4.69) is 9.88 Å². The zero-order valence-corrected chi connectivity index (χ0v) is 10.7. The molecule has 98 valence electrons. The first-order chi connectivity index (χ1) is 8.70. The van der Waals surface area contributed by atoms with Crippen LogP contribution in [0.3, 0.4) is 0 Å². The van der Waals surface area contributed by atoms with E-state index in [0.29, 0.717) is 13.1 Å². The fraction of sp³-hybridized carbons (Fsp3) is 0.538. The van der Waals surface area contributed by atoms with E-state index in [1.165, 1.54) is 0 Å². The molecule has 2 N–H and O–H groups in total. The number of likely N-dealkylation sites (N-methyl/N-ethyl adjacent to an activating group) is 1. The molecule has 1 unspecified atom stereocenters. The van der Waals surface area contributed by atoms with Crippen LogP contribution in [0.25, 0.3) is 0 Å². The summed E-state index contributed by atoms with van der Waals surface area (Å²) in [6.07, 6.45) is 4.46. The van der Waals surface area contributed by atoms with Gasteiger partial charge in [0.2, 0.25) is 5.91 Å². The van der Waals surface area contributed by atoms with Gasteiger partial charge in [-0.1, -0.05) is 6.07 Å². The lowest BCUT2D eigenvalue weighted by molar-refractivity contribution is -0.138. The Morgan fingerprint density at radius 2 is 2.39 bits per heavy atom. The lowest BCUT2D eigenvalue weighted by Gasteiger charge is -2.39. The molecule has 1 aromatic heterocycles. The topological polar surface area (TPSA) is 62.5 Å². The molecule has 1 atom stereocenters. The zero-order valence-electron chi connectivity index (χ0n) is 10.7. The highest BCUT2D eigenvalue weighted by molar-refractivity contribution is 5.79. The van der Waals surface area contributed by atoms with Crippen LogP contribution in [0.5, 0.6) is 0 Å². The molecule has 5 heteroatoms. The highest BCUT2D eigenvalue weighted by atomic mass is 16.2. The fourth-order valence-corrected chi connectivity index (χ4v) is 2.34. The van der Waals surface area contributed by atoms with Crippen LogP contribution in [0.15, 0.2) is 24.5 Å². The van der Waals surface area contributed by atoms with Crippen LogP contribution in [0, 0.1) is 0 Å². The number of rotatable bonds is 4. The summed E-state index contributed by atoms with van der Waals surface area (Å²) in [6, 6.07) is 4.19. The molecule has 1 aliphatic heterocycles. The number of carbonyl (C=O) groups excluding carboxylic acids is 1. The van der Waals surface area contributed by atoms with E-state index in [1.54, 1.807) is 6.20 Å². The van der Waals surface area contributed by atoms with Crippen LogP contribution >= 0.6 is 0 Å². The maximum absolute atomic E-state index is 11.9. The minimum Gasteiger partial charge on any atom is -0.340 e. The Kier molecular flexibility index (Phi) is 4.28. The molecule has 1 fully saturated rings. The van der Waals surface area contributed by atoms with Crippen LogP contribution in [0.2, 0.25) is 0 Å². The third-order valence-corrected chi connectivity index (χ3v) is 3.40. The predicted octanol–water partition coefficient (Wildman–Crippen LogP) is 0.0730. The first kappa shape index (κ1) is 13.0. The number of nitrogens with two attached hydrogens (primary N) is 1. The van der Waals surface area contributed by atoms with Crippen molar-refractivity contribution >= 4 is 5.91 Å². The molecule has 2 rings (SSSR count). The largest absolute Gasteiger partial charge is 0.340 e. The molecule has 2 heterocycles. The van der Waals surface area contributed by atoms with Crippen molar-refractivity contribution in [2.75, 3.05) is 26.7 Å². The standard InChI is InChI=1S/C13H20N4O/c1-16-12(4-5-14)9-17(10-13(16)18)8-11-3-2-6-15-7-11/h2-3,6-7,12H,4-5,8-10,14H2,1H3. The van der Waals surface area contributed by atoms with Crippen LogP contribution in [0.4, 0.5) is 0 Å². The SMILES string of the molecule is CN1C(=O)CN(Cc2cccnc2)CC1CCN. The van der Waals surface area contributed by atoms with Crippen LogP contribution in [-0.4, -0.2) is 53.4 Å². The molecular weight excluding hydrogens is 228 g/mol. The number of hydrogen-bond acceptors (Lipinski definition) is 4. The van der Waals surface area contributed by atoms with Crippen molar-refractivity contribution in [3.05, 3.63) is 30.1 Å². The van der Waals surface area contributed by atoms with E-state index in [9.17, 15) is 4.79 Å². The Labute approximate surface area is 108 Å². The van der Waals surface area contributed by atoms with Gasteiger partial charge in [-0.3, -0.25) is 14.7 Å². The van der Waals surface area contributed by atoms with Gasteiger partial charge in [0.1, 0.15) is 0 Å². The number of aromatic nitrogens is 1. The van der Waals surface area contributed by atoms with Gasteiger partial charge in [-0.05, 0) is 24.6 Å². The summed E-state index contributed by atoms with van der Waals surface area (Å²) in [4.78, 5) is 20.0. The van der Waals surface area contributed by atoms with Gasteiger partial charge in [-0.2, -0.15) is 0 Å². The Bertz CT molecular complexity index is 395. The molecule has 1 saturated heterocycles. The Morgan fingerprint density at radius 3 is 3.06 bits per heavy atom. The maximum atomic E-state index is 11.9. The molecular formula is C13H20N4O. The predicted molar refractivity (Wildman–Crippen MR) is 69.7 cm³/mol. The lowest BCUT2D eigenvalue weighted by Crippen LogP contribution is -2.54. The van der Waals surface area contributed by atoms with Gasteiger partial charge in [-0.25, -0.2) is 0 Å². The summed E-state index contributed by atoms with van der Waals surface area (Å²) in [7, 11) is 1.87. The van der Waals surface area contributed by atoms with Crippen molar-refractivity contribution in [3.63, 3.8) is 0 Å². The third kappa shape index (κ3) is 3.05. The van der Waals surface area contributed by atoms with Gasteiger partial charge >= 0.3 is 0 Å². The second-order valence-electron chi connectivity index (χ2n) is 4.77. The summed E-state index contributed by atoms with van der Waals surface area (Å²) in [5.41, 5.74) is 6.74. The van der Waals surface area contributed by atoms with Crippen molar-refractivity contribution in [1.29, 1.82) is 0 Å². The monoisotopic (exact) mass is 248 g/mol. The number of amides is 1. The first-order valence-electron chi connectivity index (χ1n) is 6.27. The molecule has 0 saturated carbocycles. The van der Waals surface area contributed by atoms with Gasteiger partial charge in [0.05, 0.1) is 6.54 Å². The van der Waals surface area contributed by atoms with Crippen molar-refractivity contribution in [1.82, 2.24) is 14.8 Å².